The molecule has 0 aliphatic carbocycles. The van der Waals surface area contributed by atoms with Crippen LogP contribution < -0.4 is 5.32 Å². The Labute approximate surface area is 108 Å². The van der Waals surface area contributed by atoms with E-state index in [0.717, 1.165) is 24.7 Å². The SMILES string of the molecule is Cc1cc(NC(=O)[C@@H](C)N2CCC(C)CC2)on1. The molecular weight excluding hydrogens is 230 g/mol. The van der Waals surface area contributed by atoms with Gasteiger partial charge in [-0.05, 0) is 45.7 Å². The molecule has 2 heterocycles. The van der Waals surface area contributed by atoms with Crippen molar-refractivity contribution in [3.05, 3.63) is 11.8 Å². The highest BCUT2D eigenvalue weighted by atomic mass is 16.5. The number of hydrogen-bond acceptors (Lipinski definition) is 4. The van der Waals surface area contributed by atoms with Crippen LogP contribution in [0.2, 0.25) is 0 Å². The van der Waals surface area contributed by atoms with E-state index in [1.165, 1.54) is 12.8 Å². The average molecular weight is 251 g/mol. The topological polar surface area (TPSA) is 58.4 Å². The highest BCUT2D eigenvalue weighted by molar-refractivity contribution is 5.93. The van der Waals surface area contributed by atoms with Crippen LogP contribution in [0.25, 0.3) is 0 Å². The summed E-state index contributed by atoms with van der Waals surface area (Å²) < 4.78 is 4.99. The Hall–Kier alpha value is -1.36. The smallest absolute Gasteiger partial charge is 0.243 e. The lowest BCUT2D eigenvalue weighted by Gasteiger charge is -2.33. The van der Waals surface area contributed by atoms with Gasteiger partial charge >= 0.3 is 0 Å². The minimum absolute atomic E-state index is 0.0271. The number of aryl methyl sites for hydroxylation is 1. The number of nitrogens with zero attached hydrogens (tertiary/aromatic N) is 2. The Kier molecular flexibility index (Phi) is 4.01. The molecule has 0 bridgehead atoms. The molecule has 1 saturated heterocycles. The summed E-state index contributed by atoms with van der Waals surface area (Å²) in [6, 6.07) is 1.60. The van der Waals surface area contributed by atoms with Crippen LogP contribution in [-0.2, 0) is 4.79 Å². The van der Waals surface area contributed by atoms with Crippen LogP contribution in [0.15, 0.2) is 10.6 Å². The van der Waals surface area contributed by atoms with Crippen molar-refractivity contribution in [2.24, 2.45) is 5.92 Å². The third kappa shape index (κ3) is 3.10. The maximum atomic E-state index is 12.1. The van der Waals surface area contributed by atoms with Gasteiger partial charge in [-0.15, -0.1) is 0 Å². The molecule has 1 N–H and O–H groups in total. The molecule has 1 aromatic heterocycles. The summed E-state index contributed by atoms with van der Waals surface area (Å²) in [5.74, 6) is 1.17. The molecule has 5 nitrogen and oxygen atoms in total. The summed E-state index contributed by atoms with van der Waals surface area (Å²) in [5.41, 5.74) is 0.768. The van der Waals surface area contributed by atoms with Gasteiger partial charge in [-0.2, -0.15) is 0 Å². The van der Waals surface area contributed by atoms with Gasteiger partial charge in [0.25, 0.3) is 0 Å². The largest absolute Gasteiger partial charge is 0.338 e. The van der Waals surface area contributed by atoms with Gasteiger partial charge in [-0.1, -0.05) is 12.1 Å². The molecule has 0 unspecified atom stereocenters. The number of amides is 1. The Morgan fingerprint density at radius 1 is 1.56 bits per heavy atom. The number of hydrogen-bond donors (Lipinski definition) is 1. The molecule has 1 amide bonds. The third-order valence-electron chi connectivity index (χ3n) is 3.62. The fourth-order valence-electron chi connectivity index (χ4n) is 2.23. The molecule has 18 heavy (non-hydrogen) atoms. The minimum atomic E-state index is -0.122. The third-order valence-corrected chi connectivity index (χ3v) is 3.62. The van der Waals surface area contributed by atoms with E-state index in [9.17, 15) is 4.79 Å². The number of carbonyl (C=O) groups excluding carboxylic acids is 1. The molecule has 1 atom stereocenters. The number of anilines is 1. The van der Waals surface area contributed by atoms with Crippen LogP contribution in [-0.4, -0.2) is 35.1 Å². The quantitative estimate of drug-likeness (QED) is 0.893. The highest BCUT2D eigenvalue weighted by Crippen LogP contribution is 2.18. The van der Waals surface area contributed by atoms with Crippen molar-refractivity contribution in [3.63, 3.8) is 0 Å². The van der Waals surface area contributed by atoms with Gasteiger partial charge in [-0.3, -0.25) is 15.0 Å². The number of nitrogens with one attached hydrogen (secondary N) is 1. The molecular formula is C13H21N3O2. The molecule has 0 aromatic carbocycles. The predicted octanol–water partition coefficient (Wildman–Crippen LogP) is 2.04. The predicted molar refractivity (Wildman–Crippen MR) is 69.3 cm³/mol. The summed E-state index contributed by atoms with van der Waals surface area (Å²) in [6.07, 6.45) is 2.33. The van der Waals surface area contributed by atoms with Crippen molar-refractivity contribution in [1.82, 2.24) is 10.1 Å². The summed E-state index contributed by atoms with van der Waals surface area (Å²) in [4.78, 5) is 14.3. The zero-order valence-corrected chi connectivity index (χ0v) is 11.3. The van der Waals surface area contributed by atoms with Crippen LogP contribution in [0.1, 0.15) is 32.4 Å². The fourth-order valence-corrected chi connectivity index (χ4v) is 2.23. The van der Waals surface area contributed by atoms with Gasteiger partial charge in [-0.25, -0.2) is 0 Å². The van der Waals surface area contributed by atoms with E-state index in [1.807, 2.05) is 13.8 Å². The van der Waals surface area contributed by atoms with E-state index in [4.69, 9.17) is 4.52 Å². The summed E-state index contributed by atoms with van der Waals surface area (Å²) in [6.45, 7) is 8.01. The van der Waals surface area contributed by atoms with Crippen LogP contribution in [0.3, 0.4) is 0 Å². The van der Waals surface area contributed by atoms with Crippen molar-refractivity contribution in [2.75, 3.05) is 18.4 Å². The van der Waals surface area contributed by atoms with Gasteiger partial charge in [0, 0.05) is 6.07 Å². The zero-order chi connectivity index (χ0) is 13.1. The van der Waals surface area contributed by atoms with E-state index in [2.05, 4.69) is 22.3 Å². The van der Waals surface area contributed by atoms with Gasteiger partial charge < -0.3 is 4.52 Å². The molecule has 0 spiro atoms. The van der Waals surface area contributed by atoms with Gasteiger partial charge in [0.1, 0.15) is 0 Å². The fraction of sp³-hybridized carbons (Fsp3) is 0.692. The second-order valence-corrected chi connectivity index (χ2v) is 5.22. The van der Waals surface area contributed by atoms with Crippen LogP contribution >= 0.6 is 0 Å². The average Bonchev–Trinajstić information content (AvgIpc) is 2.75. The number of piperidine rings is 1. The van der Waals surface area contributed by atoms with E-state index in [1.54, 1.807) is 6.07 Å². The second-order valence-electron chi connectivity index (χ2n) is 5.22. The Morgan fingerprint density at radius 2 is 2.22 bits per heavy atom. The number of aromatic nitrogens is 1. The lowest BCUT2D eigenvalue weighted by molar-refractivity contribution is -0.121. The lowest BCUT2D eigenvalue weighted by atomic mass is 9.98. The molecule has 1 aliphatic heterocycles. The maximum Gasteiger partial charge on any atom is 0.243 e. The summed E-state index contributed by atoms with van der Waals surface area (Å²) >= 11 is 0. The van der Waals surface area contributed by atoms with E-state index >= 15 is 0 Å². The number of carbonyl (C=O) groups is 1. The van der Waals surface area contributed by atoms with Gasteiger partial charge in [0.2, 0.25) is 11.8 Å². The van der Waals surface area contributed by atoms with Crippen molar-refractivity contribution < 1.29 is 9.32 Å². The number of rotatable bonds is 3. The zero-order valence-electron chi connectivity index (χ0n) is 11.3. The van der Waals surface area contributed by atoms with Crippen LogP contribution in [0, 0.1) is 12.8 Å². The van der Waals surface area contributed by atoms with Crippen molar-refractivity contribution in [3.8, 4) is 0 Å². The minimum Gasteiger partial charge on any atom is -0.338 e. The first-order valence-corrected chi connectivity index (χ1v) is 6.54. The second kappa shape index (κ2) is 5.52. The Bertz CT molecular complexity index is 408. The van der Waals surface area contributed by atoms with E-state index < -0.39 is 0 Å². The van der Waals surface area contributed by atoms with Crippen molar-refractivity contribution in [2.45, 2.75) is 39.7 Å². The highest BCUT2D eigenvalue weighted by Gasteiger charge is 2.25. The molecule has 100 valence electrons. The Balaban J connectivity index is 1.88. The van der Waals surface area contributed by atoms with Gasteiger partial charge in [0.05, 0.1) is 11.7 Å². The van der Waals surface area contributed by atoms with E-state index in [0.29, 0.717) is 5.88 Å². The standard InChI is InChI=1S/C13H21N3O2/c1-9-4-6-16(7-5-9)11(3)13(17)14-12-8-10(2)15-18-12/h8-9,11H,4-7H2,1-3H3,(H,14,17)/t11-/m1/s1. The molecule has 0 radical (unpaired) electrons. The molecule has 1 aromatic rings. The van der Waals surface area contributed by atoms with Crippen LogP contribution in [0.4, 0.5) is 5.88 Å². The molecule has 1 aliphatic rings. The molecule has 1 fully saturated rings. The first kappa shape index (κ1) is 13.1. The molecule has 0 saturated carbocycles. The Morgan fingerprint density at radius 3 is 2.78 bits per heavy atom. The molecule has 5 heteroatoms. The summed E-state index contributed by atoms with van der Waals surface area (Å²) in [7, 11) is 0. The van der Waals surface area contributed by atoms with Crippen molar-refractivity contribution in [1.29, 1.82) is 0 Å². The normalized spacial score (nSPS) is 19.7. The first-order valence-electron chi connectivity index (χ1n) is 6.54. The molecule has 2 rings (SSSR count). The number of likely N-dealkylation sites (tertiary alicyclic amines) is 1. The van der Waals surface area contributed by atoms with Crippen LogP contribution in [0.5, 0.6) is 0 Å². The van der Waals surface area contributed by atoms with Crippen molar-refractivity contribution >= 4 is 11.8 Å². The van der Waals surface area contributed by atoms with E-state index in [-0.39, 0.29) is 11.9 Å². The van der Waals surface area contributed by atoms with Gasteiger partial charge in [0.15, 0.2) is 0 Å². The summed E-state index contributed by atoms with van der Waals surface area (Å²) in [5, 5.41) is 6.51. The monoisotopic (exact) mass is 251 g/mol. The maximum absolute atomic E-state index is 12.1. The lowest BCUT2D eigenvalue weighted by Crippen LogP contribution is -2.45. The first-order chi connectivity index (χ1) is 8.56.